The van der Waals surface area contributed by atoms with E-state index in [1.807, 2.05) is 43.3 Å². The minimum atomic E-state index is 0.152. The average molecular weight is 249 g/mol. The minimum absolute atomic E-state index is 0.152. The monoisotopic (exact) mass is 249 g/mol. The third-order valence-corrected chi connectivity index (χ3v) is 2.04. The van der Waals surface area contributed by atoms with Gasteiger partial charge in [-0.15, -0.1) is 0 Å². The molecule has 0 saturated carbocycles. The molecule has 0 bridgehead atoms. The predicted molar refractivity (Wildman–Crippen MR) is 75.1 cm³/mol. The van der Waals surface area contributed by atoms with Gasteiger partial charge in [0.2, 0.25) is 0 Å². The summed E-state index contributed by atoms with van der Waals surface area (Å²) in [7, 11) is 1.64. The number of hydrogen-bond acceptors (Lipinski definition) is 3. The van der Waals surface area contributed by atoms with Crippen LogP contribution >= 0.6 is 12.2 Å². The van der Waals surface area contributed by atoms with Crippen LogP contribution in [0.1, 0.15) is 12.5 Å². The number of methoxy groups -OCH3 is 1. The number of benzene rings is 1. The van der Waals surface area contributed by atoms with Gasteiger partial charge in [-0.2, -0.15) is 5.10 Å². The van der Waals surface area contributed by atoms with Gasteiger partial charge >= 0.3 is 0 Å². The number of ether oxygens (including phenoxy) is 1. The second kappa shape index (κ2) is 6.65. The van der Waals surface area contributed by atoms with E-state index in [2.05, 4.69) is 22.7 Å². The van der Waals surface area contributed by atoms with Crippen LogP contribution in [0.3, 0.4) is 0 Å². The Morgan fingerprint density at radius 3 is 2.94 bits per heavy atom. The number of nitrogens with two attached hydrogens (primary N) is 1. The Hall–Kier alpha value is -1.88. The highest BCUT2D eigenvalue weighted by Crippen LogP contribution is 2.13. The van der Waals surface area contributed by atoms with Crippen molar-refractivity contribution in [1.82, 2.24) is 5.43 Å². The predicted octanol–water partition coefficient (Wildman–Crippen LogP) is 1.92. The molecule has 0 spiro atoms. The molecule has 0 aliphatic heterocycles. The molecule has 0 heterocycles. The molecule has 0 atom stereocenters. The smallest absolute Gasteiger partial charge is 0.184 e. The second-order valence-electron chi connectivity index (χ2n) is 3.34. The van der Waals surface area contributed by atoms with Crippen molar-refractivity contribution in [3.05, 3.63) is 35.9 Å². The third kappa shape index (κ3) is 5.12. The first-order valence-electron chi connectivity index (χ1n) is 5.03. The van der Waals surface area contributed by atoms with E-state index in [9.17, 15) is 0 Å². The number of nitrogens with zero attached hydrogens (tertiary/aromatic N) is 1. The number of allylic oxidation sites excluding steroid dienone is 1. The van der Waals surface area contributed by atoms with Crippen LogP contribution in [0.4, 0.5) is 0 Å². The van der Waals surface area contributed by atoms with Crippen molar-refractivity contribution in [2.24, 2.45) is 10.8 Å². The Morgan fingerprint density at radius 1 is 1.53 bits per heavy atom. The van der Waals surface area contributed by atoms with Crippen LogP contribution in [-0.4, -0.2) is 17.9 Å². The second-order valence-corrected chi connectivity index (χ2v) is 3.78. The summed E-state index contributed by atoms with van der Waals surface area (Å²) in [5.74, 6) is 0.822. The summed E-state index contributed by atoms with van der Waals surface area (Å²) < 4.78 is 5.13. The van der Waals surface area contributed by atoms with Gasteiger partial charge in [-0.25, -0.2) is 0 Å². The largest absolute Gasteiger partial charge is 0.497 e. The molecule has 4 nitrogen and oxygen atoms in total. The van der Waals surface area contributed by atoms with Gasteiger partial charge in [0.25, 0.3) is 0 Å². The molecule has 1 aromatic rings. The van der Waals surface area contributed by atoms with E-state index in [1.165, 1.54) is 0 Å². The zero-order valence-corrected chi connectivity index (χ0v) is 10.6. The van der Waals surface area contributed by atoms with E-state index < -0.39 is 0 Å². The molecule has 0 fully saturated rings. The van der Waals surface area contributed by atoms with Crippen LogP contribution in [0, 0.1) is 0 Å². The molecule has 3 N–H and O–H groups in total. The number of hydrogen-bond donors (Lipinski definition) is 2. The van der Waals surface area contributed by atoms with Crippen molar-refractivity contribution in [3.63, 3.8) is 0 Å². The molecule has 0 unspecified atom stereocenters. The Labute approximate surface area is 106 Å². The molecule has 0 amide bonds. The summed E-state index contributed by atoms with van der Waals surface area (Å²) in [6, 6.07) is 7.74. The first kappa shape index (κ1) is 13.2. The van der Waals surface area contributed by atoms with Gasteiger partial charge in [-0.3, -0.25) is 5.43 Å². The topological polar surface area (TPSA) is 59.6 Å². The lowest BCUT2D eigenvalue weighted by Crippen LogP contribution is -2.24. The molecule has 1 aromatic carbocycles. The average Bonchev–Trinajstić information content (AvgIpc) is 2.34. The van der Waals surface area contributed by atoms with Gasteiger partial charge in [-0.1, -0.05) is 18.2 Å². The summed E-state index contributed by atoms with van der Waals surface area (Å²) in [4.78, 5) is 0. The van der Waals surface area contributed by atoms with E-state index in [4.69, 9.17) is 10.5 Å². The molecule has 0 aromatic heterocycles. The lowest BCUT2D eigenvalue weighted by Gasteiger charge is -2.00. The fourth-order valence-electron chi connectivity index (χ4n) is 1.14. The number of nitrogens with one attached hydrogen (secondary N) is 1. The van der Waals surface area contributed by atoms with E-state index >= 15 is 0 Å². The highest BCUT2D eigenvalue weighted by Gasteiger charge is 1.92. The normalized spacial score (nSPS) is 11.5. The van der Waals surface area contributed by atoms with Gasteiger partial charge in [0, 0.05) is 0 Å². The first-order chi connectivity index (χ1) is 8.11. The maximum absolute atomic E-state index is 5.26. The van der Waals surface area contributed by atoms with Crippen LogP contribution in [-0.2, 0) is 0 Å². The summed E-state index contributed by atoms with van der Waals surface area (Å²) in [6.07, 6.45) is 3.79. The van der Waals surface area contributed by atoms with E-state index in [1.54, 1.807) is 7.11 Å². The SMILES string of the molecule is COc1cccc(/C=C\C(C)=N/NC(N)=S)c1. The van der Waals surface area contributed by atoms with Crippen LogP contribution in [0.5, 0.6) is 5.75 Å². The van der Waals surface area contributed by atoms with Crippen molar-refractivity contribution in [3.8, 4) is 5.75 Å². The highest BCUT2D eigenvalue weighted by molar-refractivity contribution is 7.80. The molecular formula is C12H15N3OS. The Bertz CT molecular complexity index is 455. The van der Waals surface area contributed by atoms with E-state index in [-0.39, 0.29) is 5.11 Å². The quantitative estimate of drug-likeness (QED) is 0.486. The van der Waals surface area contributed by atoms with Gasteiger partial charge in [0.1, 0.15) is 5.75 Å². The van der Waals surface area contributed by atoms with Crippen molar-refractivity contribution >= 4 is 29.1 Å². The summed E-state index contributed by atoms with van der Waals surface area (Å²) in [6.45, 7) is 1.85. The van der Waals surface area contributed by atoms with Gasteiger partial charge in [-0.05, 0) is 42.9 Å². The fourth-order valence-corrected chi connectivity index (χ4v) is 1.19. The molecule has 0 aliphatic carbocycles. The molecular weight excluding hydrogens is 234 g/mol. The fraction of sp³-hybridized carbons (Fsp3) is 0.167. The summed E-state index contributed by atoms with van der Waals surface area (Å²) in [5.41, 5.74) is 9.60. The van der Waals surface area contributed by atoms with Gasteiger partial charge < -0.3 is 10.5 Å². The molecule has 17 heavy (non-hydrogen) atoms. The first-order valence-corrected chi connectivity index (χ1v) is 5.44. The zero-order chi connectivity index (χ0) is 12.7. The zero-order valence-electron chi connectivity index (χ0n) is 9.81. The maximum atomic E-state index is 5.26. The lowest BCUT2D eigenvalue weighted by molar-refractivity contribution is 0.414. The Kier molecular flexibility index (Phi) is 5.16. The molecule has 0 radical (unpaired) electrons. The van der Waals surface area contributed by atoms with Crippen LogP contribution in [0.15, 0.2) is 35.4 Å². The number of rotatable bonds is 4. The highest BCUT2D eigenvalue weighted by atomic mass is 32.1. The van der Waals surface area contributed by atoms with Crippen LogP contribution in [0.2, 0.25) is 0 Å². The van der Waals surface area contributed by atoms with Crippen LogP contribution in [0.25, 0.3) is 6.08 Å². The van der Waals surface area contributed by atoms with Crippen molar-refractivity contribution in [1.29, 1.82) is 0 Å². The maximum Gasteiger partial charge on any atom is 0.184 e. The number of hydrazone groups is 1. The third-order valence-electron chi connectivity index (χ3n) is 1.95. The lowest BCUT2D eigenvalue weighted by atomic mass is 10.2. The standard InChI is InChI=1S/C12H15N3OS/c1-9(14-15-12(13)17)6-7-10-4-3-5-11(8-10)16-2/h3-8H,1-2H3,(H3,13,15,17)/b7-6-,14-9-. The summed E-state index contributed by atoms with van der Waals surface area (Å²) >= 11 is 4.64. The van der Waals surface area contributed by atoms with Crippen molar-refractivity contribution in [2.45, 2.75) is 6.92 Å². The van der Waals surface area contributed by atoms with Crippen molar-refractivity contribution < 1.29 is 4.74 Å². The Morgan fingerprint density at radius 2 is 2.29 bits per heavy atom. The molecule has 1 rings (SSSR count). The van der Waals surface area contributed by atoms with Crippen molar-refractivity contribution in [2.75, 3.05) is 7.11 Å². The summed E-state index contributed by atoms with van der Waals surface area (Å²) in [5, 5.41) is 4.12. The van der Waals surface area contributed by atoms with Crippen LogP contribution < -0.4 is 15.9 Å². The van der Waals surface area contributed by atoms with E-state index in [0.717, 1.165) is 17.0 Å². The Balaban J connectivity index is 2.69. The molecule has 0 saturated heterocycles. The molecule has 90 valence electrons. The van der Waals surface area contributed by atoms with E-state index in [0.29, 0.717) is 0 Å². The minimum Gasteiger partial charge on any atom is -0.497 e. The van der Waals surface area contributed by atoms with Gasteiger partial charge in [0.15, 0.2) is 5.11 Å². The molecule has 0 aliphatic rings. The number of thiocarbonyl (C=S) groups is 1. The molecule has 5 heteroatoms. The van der Waals surface area contributed by atoms with Gasteiger partial charge in [0.05, 0.1) is 12.8 Å².